The molecule has 4 heteroatoms. The minimum Gasteiger partial charge on any atom is -0.504 e. The summed E-state index contributed by atoms with van der Waals surface area (Å²) in [5.41, 5.74) is 2.52. The standard InChI is InChI=1S/C13H10N2O2/c16-11-5-4-9(7-12(11)17)10-8-14-13-3-1-2-6-15(10)13/h1-8,16-17H. The van der Waals surface area contributed by atoms with Gasteiger partial charge >= 0.3 is 0 Å². The van der Waals surface area contributed by atoms with E-state index in [0.717, 1.165) is 16.9 Å². The molecule has 2 heterocycles. The topological polar surface area (TPSA) is 57.8 Å². The van der Waals surface area contributed by atoms with Crippen LogP contribution in [0.3, 0.4) is 0 Å². The quantitative estimate of drug-likeness (QED) is 0.626. The van der Waals surface area contributed by atoms with Crippen LogP contribution >= 0.6 is 0 Å². The van der Waals surface area contributed by atoms with Crippen LogP contribution in [0.2, 0.25) is 0 Å². The van der Waals surface area contributed by atoms with Gasteiger partial charge in [-0.1, -0.05) is 6.07 Å². The van der Waals surface area contributed by atoms with E-state index in [1.54, 1.807) is 12.3 Å². The van der Waals surface area contributed by atoms with Gasteiger partial charge in [-0.2, -0.15) is 0 Å². The van der Waals surface area contributed by atoms with Crippen molar-refractivity contribution in [2.45, 2.75) is 0 Å². The van der Waals surface area contributed by atoms with E-state index >= 15 is 0 Å². The van der Waals surface area contributed by atoms with Gasteiger partial charge < -0.3 is 10.2 Å². The van der Waals surface area contributed by atoms with Gasteiger partial charge in [-0.15, -0.1) is 0 Å². The molecule has 0 atom stereocenters. The molecule has 0 unspecified atom stereocenters. The van der Waals surface area contributed by atoms with Gasteiger partial charge in [0, 0.05) is 11.8 Å². The van der Waals surface area contributed by atoms with Crippen LogP contribution in [-0.2, 0) is 0 Å². The van der Waals surface area contributed by atoms with Gasteiger partial charge in [0.2, 0.25) is 0 Å². The van der Waals surface area contributed by atoms with Crippen LogP contribution in [0, 0.1) is 0 Å². The van der Waals surface area contributed by atoms with Gasteiger partial charge in [0.25, 0.3) is 0 Å². The van der Waals surface area contributed by atoms with Gasteiger partial charge in [-0.05, 0) is 30.3 Å². The molecule has 0 saturated heterocycles. The number of phenolic OH excluding ortho intramolecular Hbond substituents is 2. The Morgan fingerprint density at radius 2 is 1.88 bits per heavy atom. The molecule has 0 fully saturated rings. The van der Waals surface area contributed by atoms with Gasteiger partial charge in [-0.3, -0.25) is 4.40 Å². The zero-order valence-electron chi connectivity index (χ0n) is 8.91. The number of aromatic nitrogens is 2. The normalized spacial score (nSPS) is 10.8. The molecule has 3 aromatic rings. The Hall–Kier alpha value is -2.49. The summed E-state index contributed by atoms with van der Waals surface area (Å²) in [4.78, 5) is 4.27. The molecule has 17 heavy (non-hydrogen) atoms. The number of pyridine rings is 1. The van der Waals surface area contributed by atoms with E-state index in [4.69, 9.17) is 0 Å². The maximum Gasteiger partial charge on any atom is 0.158 e. The minimum atomic E-state index is -0.131. The second-order valence-corrected chi connectivity index (χ2v) is 3.78. The number of imidazole rings is 1. The van der Waals surface area contributed by atoms with Crippen LogP contribution in [0.1, 0.15) is 0 Å². The second kappa shape index (κ2) is 3.52. The molecule has 0 aliphatic rings. The second-order valence-electron chi connectivity index (χ2n) is 3.78. The first-order valence-electron chi connectivity index (χ1n) is 5.20. The molecule has 0 bridgehead atoms. The molecule has 1 aromatic carbocycles. The molecular formula is C13H10N2O2. The van der Waals surface area contributed by atoms with Gasteiger partial charge in [0.1, 0.15) is 5.65 Å². The average Bonchev–Trinajstić information content (AvgIpc) is 2.76. The molecule has 2 aromatic heterocycles. The van der Waals surface area contributed by atoms with E-state index in [1.165, 1.54) is 12.1 Å². The summed E-state index contributed by atoms with van der Waals surface area (Å²) < 4.78 is 1.92. The number of nitrogens with zero attached hydrogens (tertiary/aromatic N) is 2. The third-order valence-electron chi connectivity index (χ3n) is 2.69. The van der Waals surface area contributed by atoms with Gasteiger partial charge in [-0.25, -0.2) is 4.98 Å². The lowest BCUT2D eigenvalue weighted by atomic mass is 10.1. The summed E-state index contributed by atoms with van der Waals surface area (Å²) >= 11 is 0. The van der Waals surface area contributed by atoms with Gasteiger partial charge in [0.05, 0.1) is 11.9 Å². The fourth-order valence-corrected chi connectivity index (χ4v) is 1.83. The highest BCUT2D eigenvalue weighted by molar-refractivity contribution is 5.66. The van der Waals surface area contributed by atoms with E-state index in [9.17, 15) is 10.2 Å². The molecule has 0 saturated carbocycles. The van der Waals surface area contributed by atoms with Crippen LogP contribution < -0.4 is 0 Å². The fourth-order valence-electron chi connectivity index (χ4n) is 1.83. The smallest absolute Gasteiger partial charge is 0.158 e. The molecule has 84 valence electrons. The van der Waals surface area contributed by atoms with Crippen LogP contribution in [0.25, 0.3) is 16.9 Å². The number of aromatic hydroxyl groups is 2. The number of fused-ring (bicyclic) bond motifs is 1. The Kier molecular flexibility index (Phi) is 2.01. The van der Waals surface area contributed by atoms with Crippen molar-refractivity contribution in [3.05, 3.63) is 48.8 Å². The molecule has 3 rings (SSSR count). The monoisotopic (exact) mass is 226 g/mol. The van der Waals surface area contributed by atoms with Crippen molar-refractivity contribution in [3.63, 3.8) is 0 Å². The lowest BCUT2D eigenvalue weighted by Crippen LogP contribution is -1.86. The Bertz CT molecular complexity index is 689. The van der Waals surface area contributed by atoms with Crippen molar-refractivity contribution in [2.24, 2.45) is 0 Å². The summed E-state index contributed by atoms with van der Waals surface area (Å²) in [5, 5.41) is 18.8. The predicted molar refractivity (Wildman–Crippen MR) is 64.0 cm³/mol. The van der Waals surface area contributed by atoms with Crippen molar-refractivity contribution in [2.75, 3.05) is 0 Å². The molecule has 0 aliphatic heterocycles. The van der Waals surface area contributed by atoms with E-state index in [1.807, 2.05) is 28.8 Å². The number of hydrogen-bond acceptors (Lipinski definition) is 3. The molecule has 0 radical (unpaired) electrons. The first kappa shape index (κ1) is 9.72. The van der Waals surface area contributed by atoms with E-state index in [-0.39, 0.29) is 11.5 Å². The molecule has 0 amide bonds. The van der Waals surface area contributed by atoms with Gasteiger partial charge in [0.15, 0.2) is 11.5 Å². The molecule has 4 nitrogen and oxygen atoms in total. The summed E-state index contributed by atoms with van der Waals surface area (Å²) in [7, 11) is 0. The molecule has 0 aliphatic carbocycles. The number of phenols is 2. The summed E-state index contributed by atoms with van der Waals surface area (Å²) in [6.07, 6.45) is 3.64. The minimum absolute atomic E-state index is 0.123. The highest BCUT2D eigenvalue weighted by Gasteiger charge is 2.07. The molecule has 2 N–H and O–H groups in total. The van der Waals surface area contributed by atoms with Crippen LogP contribution in [0.4, 0.5) is 0 Å². The number of benzene rings is 1. The first-order chi connectivity index (χ1) is 8.25. The Morgan fingerprint density at radius 1 is 1.00 bits per heavy atom. The van der Waals surface area contributed by atoms with E-state index < -0.39 is 0 Å². The summed E-state index contributed by atoms with van der Waals surface area (Å²) in [6.45, 7) is 0. The van der Waals surface area contributed by atoms with Crippen LogP contribution in [-0.4, -0.2) is 19.6 Å². The van der Waals surface area contributed by atoms with Crippen molar-refractivity contribution in [1.82, 2.24) is 9.38 Å². The van der Waals surface area contributed by atoms with Crippen molar-refractivity contribution < 1.29 is 10.2 Å². The average molecular weight is 226 g/mol. The third kappa shape index (κ3) is 1.50. The highest BCUT2D eigenvalue weighted by Crippen LogP contribution is 2.30. The van der Waals surface area contributed by atoms with Crippen LogP contribution in [0.15, 0.2) is 48.8 Å². The highest BCUT2D eigenvalue weighted by atomic mass is 16.3. The van der Waals surface area contributed by atoms with E-state index in [0.29, 0.717) is 0 Å². The lowest BCUT2D eigenvalue weighted by Gasteiger charge is -2.03. The zero-order chi connectivity index (χ0) is 11.8. The van der Waals surface area contributed by atoms with Crippen molar-refractivity contribution >= 4 is 5.65 Å². The maximum absolute atomic E-state index is 9.49. The SMILES string of the molecule is Oc1ccc(-c2cnc3ccccn23)cc1O. The zero-order valence-corrected chi connectivity index (χ0v) is 8.91. The van der Waals surface area contributed by atoms with Crippen LogP contribution in [0.5, 0.6) is 11.5 Å². The molecule has 0 spiro atoms. The Balaban J connectivity index is 2.24. The molecular weight excluding hydrogens is 216 g/mol. The number of rotatable bonds is 1. The number of hydrogen-bond donors (Lipinski definition) is 2. The maximum atomic E-state index is 9.49. The Morgan fingerprint density at radius 3 is 2.71 bits per heavy atom. The third-order valence-corrected chi connectivity index (χ3v) is 2.69. The predicted octanol–water partition coefficient (Wildman–Crippen LogP) is 2.41. The largest absolute Gasteiger partial charge is 0.504 e. The van der Waals surface area contributed by atoms with Crippen molar-refractivity contribution in [3.8, 4) is 22.8 Å². The summed E-state index contributed by atoms with van der Waals surface area (Å²) in [5.74, 6) is -0.254. The fraction of sp³-hybridized carbons (Fsp3) is 0. The van der Waals surface area contributed by atoms with E-state index in [2.05, 4.69) is 4.98 Å². The first-order valence-corrected chi connectivity index (χ1v) is 5.20. The Labute approximate surface area is 97.4 Å². The van der Waals surface area contributed by atoms with Crippen molar-refractivity contribution in [1.29, 1.82) is 0 Å². The lowest BCUT2D eigenvalue weighted by molar-refractivity contribution is 0.404. The summed E-state index contributed by atoms with van der Waals surface area (Å²) in [6, 6.07) is 10.5.